The summed E-state index contributed by atoms with van der Waals surface area (Å²) in [6.45, 7) is 2.02. The van der Waals surface area contributed by atoms with E-state index >= 15 is 0 Å². The molecule has 4 heteroatoms. The Hall–Kier alpha value is -1.68. The van der Waals surface area contributed by atoms with Gasteiger partial charge < -0.3 is 0 Å². The lowest BCUT2D eigenvalue weighted by atomic mass is 10.1. The van der Waals surface area contributed by atoms with Crippen molar-refractivity contribution >= 4 is 17.0 Å². The molecule has 1 aromatic heterocycles. The lowest BCUT2D eigenvalue weighted by Crippen LogP contribution is -1.87. The summed E-state index contributed by atoms with van der Waals surface area (Å²) in [6.07, 6.45) is 0. The van der Waals surface area contributed by atoms with Gasteiger partial charge in [-0.2, -0.15) is 0 Å². The molecule has 2 aromatic rings. The number of aryl methyl sites for hydroxylation is 1. The van der Waals surface area contributed by atoms with Crippen LogP contribution in [0.25, 0.3) is 11.1 Å². The minimum absolute atomic E-state index is 0.136. The first-order chi connectivity index (χ1) is 7.16. The average Bonchev–Trinajstić information content (AvgIpc) is 2.65. The Bertz CT molecular complexity index is 505. The number of nitro groups is 1. The molecule has 1 aromatic carbocycles. The number of nitrogens with zero attached hydrogens (tertiary/aromatic N) is 1. The van der Waals surface area contributed by atoms with Crippen LogP contribution >= 0.6 is 11.3 Å². The van der Waals surface area contributed by atoms with Gasteiger partial charge >= 0.3 is 0 Å². The zero-order valence-corrected chi connectivity index (χ0v) is 8.95. The predicted octanol–water partition coefficient (Wildman–Crippen LogP) is 3.63. The first-order valence-electron chi connectivity index (χ1n) is 4.47. The van der Waals surface area contributed by atoms with Crippen LogP contribution in [0.4, 0.5) is 5.69 Å². The van der Waals surface area contributed by atoms with Crippen molar-refractivity contribution < 1.29 is 4.92 Å². The molecule has 0 aliphatic rings. The smallest absolute Gasteiger partial charge is 0.258 e. The van der Waals surface area contributed by atoms with Crippen molar-refractivity contribution in [1.82, 2.24) is 0 Å². The summed E-state index contributed by atoms with van der Waals surface area (Å²) < 4.78 is 0. The maximum atomic E-state index is 10.6. The minimum atomic E-state index is -0.372. The highest BCUT2D eigenvalue weighted by Crippen LogP contribution is 2.27. The molecular weight excluding hydrogens is 210 g/mol. The van der Waals surface area contributed by atoms with Crippen LogP contribution < -0.4 is 0 Å². The Kier molecular flexibility index (Phi) is 2.51. The molecular formula is C11H9NO2S. The van der Waals surface area contributed by atoms with Gasteiger partial charge in [0.25, 0.3) is 5.69 Å². The molecule has 3 nitrogen and oxygen atoms in total. The quantitative estimate of drug-likeness (QED) is 0.571. The highest BCUT2D eigenvalue weighted by Gasteiger charge is 2.07. The fourth-order valence-electron chi connectivity index (χ4n) is 1.39. The first-order valence-corrected chi connectivity index (χ1v) is 5.35. The van der Waals surface area contributed by atoms with Gasteiger partial charge in [0, 0.05) is 17.0 Å². The Morgan fingerprint density at radius 2 is 2.07 bits per heavy atom. The second kappa shape index (κ2) is 3.82. The molecule has 15 heavy (non-hydrogen) atoms. The van der Waals surface area contributed by atoms with Crippen LogP contribution in [0, 0.1) is 17.0 Å². The molecule has 0 fully saturated rings. The van der Waals surface area contributed by atoms with E-state index in [0.717, 1.165) is 11.1 Å². The SMILES string of the molecule is Cc1cc(-c2cccc([N+](=O)[O-])c2)cs1. The summed E-state index contributed by atoms with van der Waals surface area (Å²) >= 11 is 1.64. The summed E-state index contributed by atoms with van der Waals surface area (Å²) in [6, 6.07) is 8.73. The topological polar surface area (TPSA) is 43.1 Å². The third-order valence-corrected chi connectivity index (χ3v) is 2.98. The molecule has 0 bridgehead atoms. The van der Waals surface area contributed by atoms with Crippen molar-refractivity contribution in [2.75, 3.05) is 0 Å². The van der Waals surface area contributed by atoms with Crippen molar-refractivity contribution in [1.29, 1.82) is 0 Å². The number of benzene rings is 1. The molecule has 2 rings (SSSR count). The van der Waals surface area contributed by atoms with Crippen molar-refractivity contribution in [2.24, 2.45) is 0 Å². The number of rotatable bonds is 2. The van der Waals surface area contributed by atoms with Crippen LogP contribution in [-0.4, -0.2) is 4.92 Å². The van der Waals surface area contributed by atoms with Crippen LogP contribution in [0.15, 0.2) is 35.7 Å². The van der Waals surface area contributed by atoms with Crippen LogP contribution in [0.5, 0.6) is 0 Å². The van der Waals surface area contributed by atoms with Gasteiger partial charge in [0.05, 0.1) is 4.92 Å². The molecule has 0 atom stereocenters. The van der Waals surface area contributed by atoms with Gasteiger partial charge in [-0.05, 0) is 29.5 Å². The number of hydrogen-bond acceptors (Lipinski definition) is 3. The maximum absolute atomic E-state index is 10.6. The van der Waals surface area contributed by atoms with Crippen LogP contribution in [0.3, 0.4) is 0 Å². The van der Waals surface area contributed by atoms with Crippen molar-refractivity contribution in [3.05, 3.63) is 50.7 Å². The van der Waals surface area contributed by atoms with E-state index in [1.165, 1.54) is 10.9 Å². The molecule has 0 amide bonds. The van der Waals surface area contributed by atoms with Crippen LogP contribution in [-0.2, 0) is 0 Å². The van der Waals surface area contributed by atoms with Crippen molar-refractivity contribution in [2.45, 2.75) is 6.92 Å². The number of nitro benzene ring substituents is 1. The second-order valence-electron chi connectivity index (χ2n) is 3.25. The molecule has 0 saturated carbocycles. The number of non-ortho nitro benzene ring substituents is 1. The molecule has 76 valence electrons. The minimum Gasteiger partial charge on any atom is -0.258 e. The summed E-state index contributed by atoms with van der Waals surface area (Å²) in [5.74, 6) is 0. The van der Waals surface area contributed by atoms with Gasteiger partial charge in [0.2, 0.25) is 0 Å². The largest absolute Gasteiger partial charge is 0.270 e. The van der Waals surface area contributed by atoms with E-state index in [1.807, 2.05) is 24.4 Å². The maximum Gasteiger partial charge on any atom is 0.270 e. The third kappa shape index (κ3) is 2.05. The molecule has 0 aliphatic carbocycles. The van der Waals surface area contributed by atoms with Crippen molar-refractivity contribution in [3.63, 3.8) is 0 Å². The monoisotopic (exact) mass is 219 g/mol. The Labute approximate surface area is 91.1 Å². The van der Waals surface area contributed by atoms with E-state index in [2.05, 4.69) is 0 Å². The Morgan fingerprint density at radius 3 is 2.67 bits per heavy atom. The van der Waals surface area contributed by atoms with Gasteiger partial charge in [-0.15, -0.1) is 11.3 Å². The summed E-state index contributed by atoms with van der Waals surface area (Å²) in [7, 11) is 0. The summed E-state index contributed by atoms with van der Waals surface area (Å²) in [4.78, 5) is 11.4. The van der Waals surface area contributed by atoms with E-state index < -0.39 is 0 Å². The van der Waals surface area contributed by atoms with Crippen molar-refractivity contribution in [3.8, 4) is 11.1 Å². The molecule has 0 saturated heterocycles. The predicted molar refractivity (Wildman–Crippen MR) is 61.1 cm³/mol. The third-order valence-electron chi connectivity index (χ3n) is 2.12. The molecule has 0 aliphatic heterocycles. The molecule has 0 spiro atoms. The van der Waals surface area contributed by atoms with Crippen LogP contribution in [0.1, 0.15) is 4.88 Å². The average molecular weight is 219 g/mol. The van der Waals surface area contributed by atoms with Gasteiger partial charge in [0.1, 0.15) is 0 Å². The lowest BCUT2D eigenvalue weighted by Gasteiger charge is -1.96. The Morgan fingerprint density at radius 1 is 1.27 bits per heavy atom. The zero-order valence-electron chi connectivity index (χ0n) is 8.14. The van der Waals surface area contributed by atoms with E-state index in [1.54, 1.807) is 23.5 Å². The fraction of sp³-hybridized carbons (Fsp3) is 0.0909. The number of thiophene rings is 1. The lowest BCUT2D eigenvalue weighted by molar-refractivity contribution is -0.384. The summed E-state index contributed by atoms with van der Waals surface area (Å²) in [5, 5.41) is 12.6. The highest BCUT2D eigenvalue weighted by molar-refractivity contribution is 7.10. The molecule has 0 N–H and O–H groups in total. The second-order valence-corrected chi connectivity index (χ2v) is 4.37. The molecule has 0 radical (unpaired) electrons. The Balaban J connectivity index is 2.45. The van der Waals surface area contributed by atoms with E-state index in [-0.39, 0.29) is 10.6 Å². The van der Waals surface area contributed by atoms with Gasteiger partial charge in [-0.3, -0.25) is 10.1 Å². The summed E-state index contributed by atoms with van der Waals surface area (Å²) in [5.41, 5.74) is 2.08. The van der Waals surface area contributed by atoms with Crippen LogP contribution in [0.2, 0.25) is 0 Å². The standard InChI is InChI=1S/C11H9NO2S/c1-8-5-10(7-15-8)9-3-2-4-11(6-9)12(13)14/h2-7H,1H3. The highest BCUT2D eigenvalue weighted by atomic mass is 32.1. The van der Waals surface area contributed by atoms with Gasteiger partial charge in [0.15, 0.2) is 0 Å². The van der Waals surface area contributed by atoms with Gasteiger partial charge in [-0.1, -0.05) is 12.1 Å². The normalized spacial score (nSPS) is 10.2. The van der Waals surface area contributed by atoms with E-state index in [4.69, 9.17) is 0 Å². The van der Waals surface area contributed by atoms with Gasteiger partial charge in [-0.25, -0.2) is 0 Å². The first kappa shape index (κ1) is 9.86. The zero-order chi connectivity index (χ0) is 10.8. The number of hydrogen-bond donors (Lipinski definition) is 0. The van der Waals surface area contributed by atoms with E-state index in [9.17, 15) is 10.1 Å². The van der Waals surface area contributed by atoms with E-state index in [0.29, 0.717) is 0 Å². The molecule has 0 unspecified atom stereocenters. The fourth-order valence-corrected chi connectivity index (χ4v) is 2.11. The molecule has 1 heterocycles.